The molecule has 0 saturated heterocycles. The zero-order chi connectivity index (χ0) is 17.8. The highest BCUT2D eigenvalue weighted by Crippen LogP contribution is 2.23. The van der Waals surface area contributed by atoms with E-state index in [1.807, 2.05) is 17.5 Å². The van der Waals surface area contributed by atoms with Crippen LogP contribution in [0, 0.1) is 0 Å². The molecule has 7 heteroatoms. The molecule has 0 saturated carbocycles. The van der Waals surface area contributed by atoms with Gasteiger partial charge in [-0.25, -0.2) is 4.79 Å². The van der Waals surface area contributed by atoms with Crippen molar-refractivity contribution in [3.05, 3.63) is 51.7 Å². The number of carbonyl (C=O) groups excluding carboxylic acids is 3. The van der Waals surface area contributed by atoms with Crippen molar-refractivity contribution in [1.82, 2.24) is 4.90 Å². The summed E-state index contributed by atoms with van der Waals surface area (Å²) in [6, 6.07) is 8.86. The maximum absolute atomic E-state index is 12.2. The van der Waals surface area contributed by atoms with Gasteiger partial charge >= 0.3 is 5.97 Å². The van der Waals surface area contributed by atoms with Crippen molar-refractivity contribution in [3.63, 3.8) is 0 Å². The Morgan fingerprint density at radius 2 is 2.12 bits per heavy atom. The van der Waals surface area contributed by atoms with E-state index in [2.05, 4.69) is 5.32 Å². The molecule has 1 aromatic carbocycles. The fourth-order valence-electron chi connectivity index (χ4n) is 2.56. The van der Waals surface area contributed by atoms with E-state index in [-0.39, 0.29) is 18.4 Å². The van der Waals surface area contributed by atoms with Crippen LogP contribution in [-0.4, -0.2) is 36.3 Å². The molecule has 3 rings (SSSR count). The first-order valence-electron chi connectivity index (χ1n) is 7.89. The summed E-state index contributed by atoms with van der Waals surface area (Å²) in [6.07, 6.45) is 0.988. The average Bonchev–Trinajstić information content (AvgIpc) is 3.11. The van der Waals surface area contributed by atoms with E-state index in [4.69, 9.17) is 4.74 Å². The number of carbonyl (C=O) groups is 3. The van der Waals surface area contributed by atoms with Gasteiger partial charge in [-0.1, -0.05) is 6.07 Å². The molecule has 0 atom stereocenters. The Morgan fingerprint density at radius 3 is 2.88 bits per heavy atom. The number of thiophene rings is 1. The lowest BCUT2D eigenvalue weighted by atomic mass is 10.0. The number of amides is 2. The van der Waals surface area contributed by atoms with E-state index < -0.39 is 5.97 Å². The summed E-state index contributed by atoms with van der Waals surface area (Å²) < 4.78 is 5.13. The van der Waals surface area contributed by atoms with Gasteiger partial charge in [0.25, 0.3) is 5.91 Å². The van der Waals surface area contributed by atoms with Crippen LogP contribution in [0.2, 0.25) is 0 Å². The third-order valence-corrected chi connectivity index (χ3v) is 4.82. The molecule has 2 amide bonds. The zero-order valence-electron chi connectivity index (χ0n) is 13.8. The molecule has 25 heavy (non-hydrogen) atoms. The van der Waals surface area contributed by atoms with Gasteiger partial charge in [-0.05, 0) is 41.6 Å². The molecule has 0 unspecified atom stereocenters. The molecule has 2 aromatic rings. The highest BCUT2D eigenvalue weighted by Gasteiger charge is 2.18. The topological polar surface area (TPSA) is 75.7 Å². The standard InChI is InChI=1S/C18H18N2O4S/c1-20(10-14-3-2-8-25-14)17(22)11-24-18(23)13-4-6-15-12(9-13)5-7-16(21)19-15/h2-4,6,8-9H,5,7,10-11H2,1H3,(H,19,21). The van der Waals surface area contributed by atoms with E-state index in [1.54, 1.807) is 36.6 Å². The number of esters is 1. The number of rotatable bonds is 5. The Morgan fingerprint density at radius 1 is 1.28 bits per heavy atom. The van der Waals surface area contributed by atoms with Crippen molar-refractivity contribution in [3.8, 4) is 0 Å². The summed E-state index contributed by atoms with van der Waals surface area (Å²) in [5.74, 6) is -0.827. The number of hydrogen-bond acceptors (Lipinski definition) is 5. The SMILES string of the molecule is CN(Cc1cccs1)C(=O)COC(=O)c1ccc2c(c1)CCC(=O)N2. The fourth-order valence-corrected chi connectivity index (χ4v) is 3.31. The molecule has 0 radical (unpaired) electrons. The predicted octanol–water partition coefficient (Wildman–Crippen LogP) is 2.45. The van der Waals surface area contributed by atoms with E-state index in [0.29, 0.717) is 24.9 Å². The molecule has 0 bridgehead atoms. The Labute approximate surface area is 149 Å². The number of nitrogens with zero attached hydrogens (tertiary/aromatic N) is 1. The van der Waals surface area contributed by atoms with Crippen LogP contribution in [0.15, 0.2) is 35.7 Å². The molecule has 6 nitrogen and oxygen atoms in total. The highest BCUT2D eigenvalue weighted by molar-refractivity contribution is 7.09. The molecule has 0 fully saturated rings. The minimum absolute atomic E-state index is 0.0257. The summed E-state index contributed by atoms with van der Waals surface area (Å²) in [4.78, 5) is 38.2. The van der Waals surface area contributed by atoms with Crippen LogP contribution in [0.1, 0.15) is 27.2 Å². The summed E-state index contributed by atoms with van der Waals surface area (Å²) in [5.41, 5.74) is 2.00. The molecule has 130 valence electrons. The van der Waals surface area contributed by atoms with Crippen LogP contribution in [0.3, 0.4) is 0 Å². The van der Waals surface area contributed by atoms with Crippen molar-refractivity contribution in [1.29, 1.82) is 0 Å². The van der Waals surface area contributed by atoms with Gasteiger partial charge in [0.05, 0.1) is 12.1 Å². The number of aryl methyl sites for hydroxylation is 1. The average molecular weight is 358 g/mol. The van der Waals surface area contributed by atoms with Gasteiger partial charge in [0.1, 0.15) is 0 Å². The molecule has 2 heterocycles. The van der Waals surface area contributed by atoms with E-state index in [1.165, 1.54) is 4.90 Å². The highest BCUT2D eigenvalue weighted by atomic mass is 32.1. The van der Waals surface area contributed by atoms with Crippen LogP contribution in [0.5, 0.6) is 0 Å². The largest absolute Gasteiger partial charge is 0.452 e. The van der Waals surface area contributed by atoms with Crippen LogP contribution in [-0.2, 0) is 27.3 Å². The lowest BCUT2D eigenvalue weighted by Crippen LogP contribution is -2.30. The van der Waals surface area contributed by atoms with E-state index in [0.717, 1.165) is 16.1 Å². The van der Waals surface area contributed by atoms with Crippen molar-refractivity contribution >= 4 is 34.8 Å². The molecule has 1 aliphatic rings. The molecule has 0 aliphatic carbocycles. The quantitative estimate of drug-likeness (QED) is 0.833. The van der Waals surface area contributed by atoms with Crippen LogP contribution in [0.4, 0.5) is 5.69 Å². The van der Waals surface area contributed by atoms with E-state index >= 15 is 0 Å². The number of fused-ring (bicyclic) bond motifs is 1. The lowest BCUT2D eigenvalue weighted by Gasteiger charge is -2.18. The van der Waals surface area contributed by atoms with Crippen LogP contribution in [0.25, 0.3) is 0 Å². The first kappa shape index (κ1) is 17.2. The third kappa shape index (κ3) is 4.24. The normalized spacial score (nSPS) is 12.9. The number of ether oxygens (including phenoxy) is 1. The number of nitrogens with one attached hydrogen (secondary N) is 1. The number of benzene rings is 1. The Bertz CT molecular complexity index is 801. The maximum atomic E-state index is 12.2. The van der Waals surface area contributed by atoms with Crippen molar-refractivity contribution in [2.24, 2.45) is 0 Å². The Kier molecular flexibility index (Phi) is 5.14. The summed E-state index contributed by atoms with van der Waals surface area (Å²) in [7, 11) is 1.68. The minimum atomic E-state index is -0.544. The van der Waals surface area contributed by atoms with Crippen LogP contribution >= 0.6 is 11.3 Å². The first-order valence-corrected chi connectivity index (χ1v) is 8.77. The zero-order valence-corrected chi connectivity index (χ0v) is 14.6. The molecule has 0 spiro atoms. The van der Waals surface area contributed by atoms with Gasteiger partial charge in [-0.15, -0.1) is 11.3 Å². The predicted molar refractivity (Wildman–Crippen MR) is 94.5 cm³/mol. The lowest BCUT2D eigenvalue weighted by molar-refractivity contribution is -0.133. The maximum Gasteiger partial charge on any atom is 0.338 e. The third-order valence-electron chi connectivity index (χ3n) is 3.96. The second-order valence-corrected chi connectivity index (χ2v) is 6.86. The molecule has 1 N–H and O–H groups in total. The van der Waals surface area contributed by atoms with Gasteiger partial charge in [0.15, 0.2) is 6.61 Å². The Balaban J connectivity index is 1.55. The molecule has 1 aliphatic heterocycles. The monoisotopic (exact) mass is 358 g/mol. The van der Waals surface area contributed by atoms with Crippen molar-refractivity contribution < 1.29 is 19.1 Å². The summed E-state index contributed by atoms with van der Waals surface area (Å²) in [6.45, 7) is 0.196. The number of likely N-dealkylation sites (N-methyl/N-ethyl adjacent to an activating group) is 1. The van der Waals surface area contributed by atoms with Crippen molar-refractivity contribution in [2.75, 3.05) is 19.0 Å². The fraction of sp³-hybridized carbons (Fsp3) is 0.278. The van der Waals surface area contributed by atoms with Gasteiger partial charge in [0, 0.05) is 24.0 Å². The first-order chi connectivity index (χ1) is 12.0. The minimum Gasteiger partial charge on any atom is -0.452 e. The van der Waals surface area contributed by atoms with Crippen molar-refractivity contribution in [2.45, 2.75) is 19.4 Å². The molecule has 1 aromatic heterocycles. The van der Waals surface area contributed by atoms with Gasteiger partial charge < -0.3 is 15.0 Å². The van der Waals surface area contributed by atoms with Gasteiger partial charge in [-0.2, -0.15) is 0 Å². The number of hydrogen-bond donors (Lipinski definition) is 1. The van der Waals surface area contributed by atoms with Crippen LogP contribution < -0.4 is 5.32 Å². The number of anilines is 1. The summed E-state index contributed by atoms with van der Waals surface area (Å²) >= 11 is 1.57. The Hall–Kier alpha value is -2.67. The summed E-state index contributed by atoms with van der Waals surface area (Å²) in [5, 5.41) is 4.71. The van der Waals surface area contributed by atoms with Gasteiger partial charge in [0.2, 0.25) is 5.91 Å². The van der Waals surface area contributed by atoms with E-state index in [9.17, 15) is 14.4 Å². The van der Waals surface area contributed by atoms with Gasteiger partial charge in [-0.3, -0.25) is 9.59 Å². The smallest absolute Gasteiger partial charge is 0.338 e. The second kappa shape index (κ2) is 7.48. The molecular formula is C18H18N2O4S. The molecular weight excluding hydrogens is 340 g/mol. The second-order valence-electron chi connectivity index (χ2n) is 5.83.